The molecule has 29 heavy (non-hydrogen) atoms. The number of para-hydroxylation sites is 2. The molecule has 5 nitrogen and oxygen atoms in total. The Balaban J connectivity index is 1.41. The molecule has 2 aromatic carbocycles. The maximum absolute atomic E-state index is 12.8. The van der Waals surface area contributed by atoms with Gasteiger partial charge in [0, 0.05) is 19.5 Å². The first-order valence-electron chi connectivity index (χ1n) is 10.3. The van der Waals surface area contributed by atoms with E-state index in [1.54, 1.807) is 0 Å². The third-order valence-corrected chi connectivity index (χ3v) is 5.40. The van der Waals surface area contributed by atoms with Crippen LogP contribution in [0.25, 0.3) is 5.57 Å². The lowest BCUT2D eigenvalue weighted by molar-refractivity contribution is 0.142. The molecule has 0 radical (unpaired) electrons. The fourth-order valence-corrected chi connectivity index (χ4v) is 3.93. The lowest BCUT2D eigenvalue weighted by atomic mass is 9.96. The van der Waals surface area contributed by atoms with E-state index in [9.17, 15) is 4.79 Å². The number of rotatable bonds is 4. The summed E-state index contributed by atoms with van der Waals surface area (Å²) in [5, 5.41) is 3.02. The largest absolute Gasteiger partial charge is 0.486 e. The van der Waals surface area contributed by atoms with Gasteiger partial charge in [0.05, 0.1) is 18.9 Å². The fourth-order valence-electron chi connectivity index (χ4n) is 3.93. The summed E-state index contributed by atoms with van der Waals surface area (Å²) in [7, 11) is 0. The van der Waals surface area contributed by atoms with Gasteiger partial charge in [-0.3, -0.25) is 0 Å². The molecule has 1 unspecified atom stereocenters. The van der Waals surface area contributed by atoms with Crippen LogP contribution in [0.15, 0.2) is 48.5 Å². The summed E-state index contributed by atoms with van der Waals surface area (Å²) in [4.78, 5) is 14.6. The van der Waals surface area contributed by atoms with Gasteiger partial charge in [-0.05, 0) is 43.5 Å². The fraction of sp³-hybridized carbons (Fsp3) is 0.375. The minimum atomic E-state index is -0.0977. The number of nitrogens with zero attached hydrogens (tertiary/aromatic N) is 1. The Morgan fingerprint density at radius 3 is 2.66 bits per heavy atom. The molecular weight excluding hydrogens is 364 g/mol. The zero-order valence-corrected chi connectivity index (χ0v) is 17.1. The lowest BCUT2D eigenvalue weighted by Crippen LogP contribution is -2.38. The molecule has 1 saturated heterocycles. The van der Waals surface area contributed by atoms with Crippen molar-refractivity contribution in [1.29, 1.82) is 0 Å². The van der Waals surface area contributed by atoms with Crippen molar-refractivity contribution < 1.29 is 14.3 Å². The third-order valence-electron chi connectivity index (χ3n) is 5.40. The number of anilines is 1. The number of carbonyl (C=O) groups excluding carboxylic acids is 1. The van der Waals surface area contributed by atoms with Crippen LogP contribution in [0.5, 0.6) is 5.75 Å². The average Bonchev–Trinajstić information content (AvgIpc) is 3.22. The summed E-state index contributed by atoms with van der Waals surface area (Å²) in [5.41, 5.74) is 5.81. The Labute approximate surface area is 172 Å². The average molecular weight is 392 g/mol. The predicted molar refractivity (Wildman–Crippen MR) is 115 cm³/mol. The number of hydrogen-bond donors (Lipinski definition) is 1. The van der Waals surface area contributed by atoms with Crippen LogP contribution in [-0.2, 0) is 4.74 Å². The van der Waals surface area contributed by atoms with Crippen molar-refractivity contribution in [2.75, 3.05) is 31.6 Å². The monoisotopic (exact) mass is 392 g/mol. The molecule has 0 aromatic heterocycles. The molecule has 2 heterocycles. The second kappa shape index (κ2) is 8.70. The predicted octanol–water partition coefficient (Wildman–Crippen LogP) is 4.79. The Morgan fingerprint density at radius 2 is 1.97 bits per heavy atom. The van der Waals surface area contributed by atoms with Crippen LogP contribution in [0.3, 0.4) is 0 Å². The zero-order valence-electron chi connectivity index (χ0n) is 17.1. The molecule has 2 aliphatic rings. The summed E-state index contributed by atoms with van der Waals surface area (Å²) in [6.07, 6.45) is 3.94. The first kappa shape index (κ1) is 19.5. The molecule has 0 spiro atoms. The molecule has 0 saturated carbocycles. The zero-order chi connectivity index (χ0) is 20.2. The van der Waals surface area contributed by atoms with Gasteiger partial charge in [0.1, 0.15) is 11.9 Å². The van der Waals surface area contributed by atoms with Crippen LogP contribution in [0, 0.1) is 13.8 Å². The van der Waals surface area contributed by atoms with Gasteiger partial charge in [-0.15, -0.1) is 0 Å². The topological polar surface area (TPSA) is 50.8 Å². The van der Waals surface area contributed by atoms with Crippen molar-refractivity contribution in [3.05, 3.63) is 65.2 Å². The van der Waals surface area contributed by atoms with E-state index in [0.717, 1.165) is 19.4 Å². The van der Waals surface area contributed by atoms with E-state index >= 15 is 0 Å². The Hall–Kier alpha value is -2.79. The molecule has 1 N–H and O–H groups in total. The van der Waals surface area contributed by atoms with Crippen molar-refractivity contribution in [3.8, 4) is 5.75 Å². The number of hydrogen-bond acceptors (Lipinski definition) is 3. The van der Waals surface area contributed by atoms with E-state index in [-0.39, 0.29) is 12.1 Å². The molecule has 4 rings (SSSR count). The molecular formula is C24H28N2O3. The highest BCUT2D eigenvalue weighted by atomic mass is 16.5. The smallest absolute Gasteiger partial charge is 0.322 e. The summed E-state index contributed by atoms with van der Waals surface area (Å²) in [5.74, 6) is 0.694. The number of ether oxygens (including phenoxy) is 2. The van der Waals surface area contributed by atoms with Crippen LogP contribution in [0.4, 0.5) is 10.5 Å². The van der Waals surface area contributed by atoms with E-state index < -0.39 is 0 Å². The lowest BCUT2D eigenvalue weighted by Gasteiger charge is -2.27. The molecule has 1 fully saturated rings. The first-order chi connectivity index (χ1) is 14.1. The summed E-state index contributed by atoms with van der Waals surface area (Å²) < 4.78 is 11.4. The van der Waals surface area contributed by atoms with E-state index in [1.807, 2.05) is 29.2 Å². The number of benzene rings is 2. The van der Waals surface area contributed by atoms with Gasteiger partial charge in [-0.1, -0.05) is 47.5 Å². The van der Waals surface area contributed by atoms with Gasteiger partial charge in [-0.25, -0.2) is 4.79 Å². The summed E-state index contributed by atoms with van der Waals surface area (Å²) >= 11 is 0. The van der Waals surface area contributed by atoms with Gasteiger partial charge in [0.2, 0.25) is 0 Å². The maximum Gasteiger partial charge on any atom is 0.322 e. The van der Waals surface area contributed by atoms with Crippen molar-refractivity contribution in [1.82, 2.24) is 4.90 Å². The van der Waals surface area contributed by atoms with Gasteiger partial charge in [0.25, 0.3) is 0 Å². The quantitative estimate of drug-likeness (QED) is 0.814. The maximum atomic E-state index is 12.8. The highest BCUT2D eigenvalue weighted by molar-refractivity contribution is 5.91. The summed E-state index contributed by atoms with van der Waals surface area (Å²) in [6.45, 7) is 6.87. The molecule has 1 atom stereocenters. The van der Waals surface area contributed by atoms with Crippen LogP contribution in [-0.4, -0.2) is 43.3 Å². The van der Waals surface area contributed by atoms with Crippen molar-refractivity contribution in [2.24, 2.45) is 0 Å². The van der Waals surface area contributed by atoms with Gasteiger partial charge in [0.15, 0.2) is 0 Å². The highest BCUT2D eigenvalue weighted by Crippen LogP contribution is 2.28. The van der Waals surface area contributed by atoms with Crippen molar-refractivity contribution in [2.45, 2.75) is 32.8 Å². The van der Waals surface area contributed by atoms with E-state index in [2.05, 4.69) is 43.4 Å². The van der Waals surface area contributed by atoms with E-state index in [1.165, 1.54) is 22.3 Å². The molecule has 2 aliphatic heterocycles. The van der Waals surface area contributed by atoms with Gasteiger partial charge >= 0.3 is 6.03 Å². The highest BCUT2D eigenvalue weighted by Gasteiger charge is 2.21. The van der Waals surface area contributed by atoms with E-state index in [0.29, 0.717) is 31.1 Å². The Kier molecular flexibility index (Phi) is 5.86. The number of urea groups is 1. The number of amides is 2. The standard InChI is InChI=1S/C24H28N2O3/c1-17-13-18(2)15-20(14-17)19-7-10-26(11-8-19)24(27)25-22-5-3-4-6-23(22)29-21-9-12-28-16-21/h3-7,13-15,21H,8-12,16H2,1-2H3,(H,25,27). The third kappa shape index (κ3) is 4.80. The van der Waals surface area contributed by atoms with Gasteiger partial charge in [-0.2, -0.15) is 0 Å². The van der Waals surface area contributed by atoms with E-state index in [4.69, 9.17) is 9.47 Å². The number of aryl methyl sites for hydroxylation is 2. The van der Waals surface area contributed by atoms with Crippen molar-refractivity contribution >= 4 is 17.3 Å². The Morgan fingerprint density at radius 1 is 1.17 bits per heavy atom. The first-order valence-corrected chi connectivity index (χ1v) is 10.3. The van der Waals surface area contributed by atoms with Crippen LogP contribution in [0.1, 0.15) is 29.5 Å². The minimum Gasteiger partial charge on any atom is -0.486 e. The second-order valence-electron chi connectivity index (χ2n) is 7.83. The number of nitrogens with one attached hydrogen (secondary N) is 1. The van der Waals surface area contributed by atoms with Crippen LogP contribution in [0.2, 0.25) is 0 Å². The number of carbonyl (C=O) groups is 1. The molecule has 2 aromatic rings. The molecule has 2 amide bonds. The summed E-state index contributed by atoms with van der Waals surface area (Å²) in [6, 6.07) is 14.1. The normalized spacial score (nSPS) is 19.0. The van der Waals surface area contributed by atoms with Crippen LogP contribution >= 0.6 is 0 Å². The Bertz CT molecular complexity index is 896. The molecule has 0 bridgehead atoms. The second-order valence-corrected chi connectivity index (χ2v) is 7.83. The van der Waals surface area contributed by atoms with Gasteiger partial charge < -0.3 is 19.7 Å². The van der Waals surface area contributed by atoms with Crippen molar-refractivity contribution in [3.63, 3.8) is 0 Å². The molecule has 5 heteroatoms. The molecule has 152 valence electrons. The minimum absolute atomic E-state index is 0.0475. The van der Waals surface area contributed by atoms with Crippen LogP contribution < -0.4 is 10.1 Å². The molecule has 0 aliphatic carbocycles. The SMILES string of the molecule is Cc1cc(C)cc(C2=CCN(C(=O)Nc3ccccc3OC3CCOC3)CC2)c1.